The van der Waals surface area contributed by atoms with Gasteiger partial charge in [0.15, 0.2) is 0 Å². The third kappa shape index (κ3) is 3.84. The highest BCUT2D eigenvalue weighted by Gasteiger charge is 2.31. The number of benzene rings is 1. The molecule has 2 N–H and O–H groups in total. The Morgan fingerprint density at radius 1 is 1.12 bits per heavy atom. The number of alkyl halides is 3. The van der Waals surface area contributed by atoms with Crippen LogP contribution in [0.15, 0.2) is 18.2 Å². The van der Waals surface area contributed by atoms with Crippen LogP contribution in [0.2, 0.25) is 0 Å². The zero-order chi connectivity index (χ0) is 13.2. The van der Waals surface area contributed by atoms with E-state index in [0.29, 0.717) is 0 Å². The van der Waals surface area contributed by atoms with Crippen LogP contribution in [0.5, 0.6) is 5.75 Å². The highest BCUT2D eigenvalue weighted by molar-refractivity contribution is 5.48. The van der Waals surface area contributed by atoms with E-state index in [4.69, 9.17) is 10.5 Å². The molecular formula is C12H16F3NO. The van der Waals surface area contributed by atoms with E-state index in [1.165, 1.54) is 6.07 Å². The minimum Gasteiger partial charge on any atom is -0.490 e. The van der Waals surface area contributed by atoms with Gasteiger partial charge in [0.1, 0.15) is 5.75 Å². The van der Waals surface area contributed by atoms with E-state index in [1.807, 2.05) is 13.8 Å². The lowest BCUT2D eigenvalue weighted by molar-refractivity contribution is -0.137. The van der Waals surface area contributed by atoms with E-state index < -0.39 is 11.7 Å². The number of halogens is 3. The molecule has 0 bridgehead atoms. The van der Waals surface area contributed by atoms with Gasteiger partial charge in [-0.25, -0.2) is 0 Å². The average Bonchev–Trinajstić information content (AvgIpc) is 2.15. The molecule has 0 amide bonds. The number of ether oxygens (including phenoxy) is 1. The first kappa shape index (κ1) is 13.7. The van der Waals surface area contributed by atoms with Crippen molar-refractivity contribution >= 4 is 5.69 Å². The van der Waals surface area contributed by atoms with Crippen LogP contribution in [0.1, 0.15) is 26.3 Å². The van der Waals surface area contributed by atoms with Crippen molar-refractivity contribution in [2.45, 2.75) is 33.1 Å². The molecule has 0 aliphatic rings. The Bertz CT molecular complexity index is 388. The summed E-state index contributed by atoms with van der Waals surface area (Å²) in [6.07, 6.45) is -4.58. The second-order valence-electron chi connectivity index (χ2n) is 4.36. The van der Waals surface area contributed by atoms with E-state index in [1.54, 1.807) is 6.92 Å². The average molecular weight is 247 g/mol. The fourth-order valence-electron chi connectivity index (χ4n) is 1.20. The Morgan fingerprint density at radius 3 is 2.18 bits per heavy atom. The zero-order valence-electron chi connectivity index (χ0n) is 10.0. The van der Waals surface area contributed by atoms with E-state index in [9.17, 15) is 13.2 Å². The first-order chi connectivity index (χ1) is 7.70. The van der Waals surface area contributed by atoms with Crippen molar-refractivity contribution in [3.8, 4) is 5.75 Å². The molecule has 0 radical (unpaired) electrons. The van der Waals surface area contributed by atoms with Crippen LogP contribution in [0.4, 0.5) is 18.9 Å². The molecule has 1 aromatic rings. The van der Waals surface area contributed by atoms with Gasteiger partial charge in [0, 0.05) is 11.8 Å². The summed E-state index contributed by atoms with van der Waals surface area (Å²) in [5.41, 5.74) is 4.69. The normalized spacial score (nSPS) is 13.8. The van der Waals surface area contributed by atoms with Gasteiger partial charge in [0.05, 0.1) is 11.7 Å². The molecule has 0 aliphatic carbocycles. The lowest BCUT2D eigenvalue weighted by Gasteiger charge is -2.19. The van der Waals surface area contributed by atoms with Gasteiger partial charge < -0.3 is 10.5 Å². The minimum absolute atomic E-state index is 0.0470. The van der Waals surface area contributed by atoms with Crippen LogP contribution in [-0.2, 0) is 6.18 Å². The van der Waals surface area contributed by atoms with Crippen molar-refractivity contribution in [2.24, 2.45) is 5.92 Å². The zero-order valence-corrected chi connectivity index (χ0v) is 10.0. The third-order valence-electron chi connectivity index (χ3n) is 2.52. The van der Waals surface area contributed by atoms with Crippen molar-refractivity contribution in [3.63, 3.8) is 0 Å². The fraction of sp³-hybridized carbons (Fsp3) is 0.500. The topological polar surface area (TPSA) is 35.2 Å². The summed E-state index contributed by atoms with van der Waals surface area (Å²) in [6.45, 7) is 5.67. The summed E-state index contributed by atoms with van der Waals surface area (Å²) in [5, 5.41) is 0. The molecule has 0 spiro atoms. The number of anilines is 1. The molecular weight excluding hydrogens is 231 g/mol. The van der Waals surface area contributed by atoms with Crippen LogP contribution in [0.3, 0.4) is 0 Å². The Morgan fingerprint density at radius 2 is 1.71 bits per heavy atom. The summed E-state index contributed by atoms with van der Waals surface area (Å²) in [5.74, 6) is 0.365. The smallest absolute Gasteiger partial charge is 0.416 e. The molecule has 1 atom stereocenters. The van der Waals surface area contributed by atoms with Crippen LogP contribution in [0, 0.1) is 5.92 Å². The van der Waals surface area contributed by atoms with E-state index in [2.05, 4.69) is 0 Å². The maximum Gasteiger partial charge on any atom is 0.416 e. The number of nitrogens with two attached hydrogens (primary N) is 1. The molecule has 1 rings (SSSR count). The Kier molecular flexibility index (Phi) is 3.91. The fourth-order valence-corrected chi connectivity index (χ4v) is 1.20. The highest BCUT2D eigenvalue weighted by atomic mass is 19.4. The first-order valence-electron chi connectivity index (χ1n) is 5.34. The molecule has 0 fully saturated rings. The number of hydrogen-bond acceptors (Lipinski definition) is 2. The van der Waals surface area contributed by atoms with E-state index in [-0.39, 0.29) is 23.5 Å². The van der Waals surface area contributed by atoms with Gasteiger partial charge in [-0.05, 0) is 25.0 Å². The summed E-state index contributed by atoms with van der Waals surface area (Å²) < 4.78 is 43.0. The molecule has 5 heteroatoms. The van der Waals surface area contributed by atoms with Crippen LogP contribution in [-0.4, -0.2) is 6.10 Å². The molecule has 0 saturated heterocycles. The monoisotopic (exact) mass is 247 g/mol. The second-order valence-corrected chi connectivity index (χ2v) is 4.36. The van der Waals surface area contributed by atoms with Crippen molar-refractivity contribution < 1.29 is 17.9 Å². The van der Waals surface area contributed by atoms with Crippen LogP contribution in [0.25, 0.3) is 0 Å². The number of hydrogen-bond donors (Lipinski definition) is 1. The predicted octanol–water partition coefficient (Wildman–Crippen LogP) is 3.71. The quantitative estimate of drug-likeness (QED) is 0.826. The second kappa shape index (κ2) is 4.85. The molecule has 1 aromatic carbocycles. The molecule has 0 saturated carbocycles. The van der Waals surface area contributed by atoms with Gasteiger partial charge in [-0.2, -0.15) is 13.2 Å². The van der Waals surface area contributed by atoms with Crippen molar-refractivity contribution in [1.29, 1.82) is 0 Å². The molecule has 96 valence electrons. The van der Waals surface area contributed by atoms with Gasteiger partial charge in [0.2, 0.25) is 0 Å². The van der Waals surface area contributed by atoms with Crippen molar-refractivity contribution in [2.75, 3.05) is 5.73 Å². The summed E-state index contributed by atoms with van der Waals surface area (Å²) in [4.78, 5) is 0. The maximum absolute atomic E-state index is 12.5. The van der Waals surface area contributed by atoms with E-state index >= 15 is 0 Å². The van der Waals surface area contributed by atoms with Gasteiger partial charge in [0.25, 0.3) is 0 Å². The number of rotatable bonds is 3. The lowest BCUT2D eigenvalue weighted by Crippen LogP contribution is -2.19. The van der Waals surface area contributed by atoms with Crippen LogP contribution < -0.4 is 10.5 Å². The van der Waals surface area contributed by atoms with Crippen LogP contribution >= 0.6 is 0 Å². The maximum atomic E-state index is 12.5. The Labute approximate surface area is 98.6 Å². The van der Waals surface area contributed by atoms with Crippen molar-refractivity contribution in [1.82, 2.24) is 0 Å². The highest BCUT2D eigenvalue weighted by Crippen LogP contribution is 2.33. The molecule has 0 aliphatic heterocycles. The molecule has 0 heterocycles. The Hall–Kier alpha value is -1.39. The molecule has 0 aromatic heterocycles. The van der Waals surface area contributed by atoms with Crippen molar-refractivity contribution in [3.05, 3.63) is 23.8 Å². The minimum atomic E-state index is -4.41. The summed E-state index contributed by atoms with van der Waals surface area (Å²) in [6, 6.07) is 3.26. The largest absolute Gasteiger partial charge is 0.490 e. The van der Waals surface area contributed by atoms with Gasteiger partial charge in [-0.15, -0.1) is 0 Å². The molecule has 2 nitrogen and oxygen atoms in total. The number of nitrogen functional groups attached to an aromatic ring is 1. The van der Waals surface area contributed by atoms with Gasteiger partial charge >= 0.3 is 6.18 Å². The predicted molar refractivity (Wildman–Crippen MR) is 60.8 cm³/mol. The molecule has 17 heavy (non-hydrogen) atoms. The Balaban J connectivity index is 2.98. The van der Waals surface area contributed by atoms with Gasteiger partial charge in [-0.1, -0.05) is 13.8 Å². The SMILES string of the molecule is CC(C)C(C)Oc1cc(N)cc(C(F)(F)F)c1. The molecule has 1 unspecified atom stereocenters. The standard InChI is InChI=1S/C12H16F3NO/c1-7(2)8(3)17-11-5-9(12(13,14)15)4-10(16)6-11/h4-8H,16H2,1-3H3. The first-order valence-corrected chi connectivity index (χ1v) is 5.34. The summed E-state index contributed by atoms with van der Waals surface area (Å²) >= 11 is 0. The lowest BCUT2D eigenvalue weighted by atomic mass is 10.1. The van der Waals surface area contributed by atoms with Gasteiger partial charge in [-0.3, -0.25) is 0 Å². The third-order valence-corrected chi connectivity index (χ3v) is 2.52. The summed E-state index contributed by atoms with van der Waals surface area (Å²) in [7, 11) is 0. The van der Waals surface area contributed by atoms with E-state index in [0.717, 1.165) is 12.1 Å².